The first kappa shape index (κ1) is 10.8. The van der Waals surface area contributed by atoms with Crippen molar-refractivity contribution in [3.05, 3.63) is 29.7 Å². The van der Waals surface area contributed by atoms with Crippen molar-refractivity contribution in [2.75, 3.05) is 6.61 Å². The Balaban J connectivity index is 2.28. The molecule has 1 heterocycles. The average molecular weight is 219 g/mol. The Morgan fingerprint density at radius 3 is 3.06 bits per heavy atom. The summed E-state index contributed by atoms with van der Waals surface area (Å²) in [6.07, 6.45) is 0.849. The van der Waals surface area contributed by atoms with Crippen LogP contribution in [0.4, 0.5) is 0 Å². The molecule has 0 unspecified atom stereocenters. The summed E-state index contributed by atoms with van der Waals surface area (Å²) in [5, 5.41) is 8.66. The number of aromatic nitrogens is 1. The van der Waals surface area contributed by atoms with Gasteiger partial charge in [0.25, 0.3) is 0 Å². The molecule has 0 fully saturated rings. The molecule has 84 valence electrons. The molecule has 2 aromatic rings. The van der Waals surface area contributed by atoms with Crippen molar-refractivity contribution in [1.29, 1.82) is 0 Å². The van der Waals surface area contributed by atoms with Gasteiger partial charge in [0.15, 0.2) is 17.3 Å². The van der Waals surface area contributed by atoms with E-state index in [2.05, 4.69) is 4.98 Å². The van der Waals surface area contributed by atoms with Gasteiger partial charge in [-0.25, -0.2) is 4.98 Å². The number of fused-ring (bicyclic) bond motifs is 1. The van der Waals surface area contributed by atoms with Crippen LogP contribution in [0.25, 0.3) is 11.1 Å². The summed E-state index contributed by atoms with van der Waals surface area (Å²) in [6.45, 7) is 1.81. The van der Waals surface area contributed by atoms with E-state index in [4.69, 9.17) is 9.52 Å². The summed E-state index contributed by atoms with van der Waals surface area (Å²) >= 11 is 0. The minimum absolute atomic E-state index is 0.0185. The standard InChI is InChI=1S/C12H13NO3/c1-8-13-10-5-4-9(7-12(10)16-8)11(15)3-2-6-14/h4-5,7,14H,2-3,6H2,1H3. The molecule has 0 bridgehead atoms. The fourth-order valence-corrected chi connectivity index (χ4v) is 1.60. The molecule has 0 spiro atoms. The van der Waals surface area contributed by atoms with Crippen LogP contribution in [0.2, 0.25) is 0 Å². The van der Waals surface area contributed by atoms with Gasteiger partial charge in [-0.1, -0.05) is 0 Å². The number of aliphatic hydroxyl groups excluding tert-OH is 1. The number of nitrogens with zero attached hydrogens (tertiary/aromatic N) is 1. The zero-order valence-electron chi connectivity index (χ0n) is 9.06. The normalized spacial score (nSPS) is 10.9. The van der Waals surface area contributed by atoms with Gasteiger partial charge in [-0.2, -0.15) is 0 Å². The lowest BCUT2D eigenvalue weighted by molar-refractivity contribution is 0.0971. The summed E-state index contributed by atoms with van der Waals surface area (Å²) in [5.41, 5.74) is 2.00. The van der Waals surface area contributed by atoms with Gasteiger partial charge < -0.3 is 9.52 Å². The van der Waals surface area contributed by atoms with Crippen molar-refractivity contribution in [2.24, 2.45) is 0 Å². The number of oxazole rings is 1. The third kappa shape index (κ3) is 2.12. The number of aliphatic hydroxyl groups is 1. The molecule has 0 aliphatic carbocycles. The maximum Gasteiger partial charge on any atom is 0.192 e. The molecular formula is C12H13NO3. The molecule has 4 nitrogen and oxygen atoms in total. The number of hydrogen-bond acceptors (Lipinski definition) is 4. The summed E-state index contributed by atoms with van der Waals surface area (Å²) in [5.74, 6) is 0.611. The molecule has 0 radical (unpaired) electrons. The van der Waals surface area contributed by atoms with Gasteiger partial charge >= 0.3 is 0 Å². The van der Waals surface area contributed by atoms with E-state index >= 15 is 0 Å². The number of benzene rings is 1. The molecule has 16 heavy (non-hydrogen) atoms. The van der Waals surface area contributed by atoms with Crippen LogP contribution in [0.5, 0.6) is 0 Å². The molecular weight excluding hydrogens is 206 g/mol. The van der Waals surface area contributed by atoms with Gasteiger partial charge in [-0.15, -0.1) is 0 Å². The third-order valence-electron chi connectivity index (χ3n) is 2.38. The molecule has 1 aromatic heterocycles. The Morgan fingerprint density at radius 2 is 2.31 bits per heavy atom. The number of aryl methyl sites for hydroxylation is 1. The predicted octanol–water partition coefficient (Wildman–Crippen LogP) is 2.09. The van der Waals surface area contributed by atoms with Gasteiger partial charge in [-0.05, 0) is 24.6 Å². The second-order valence-corrected chi connectivity index (χ2v) is 3.67. The number of Topliss-reactive ketones (excluding diaryl/α,β-unsaturated/α-hetero) is 1. The first-order chi connectivity index (χ1) is 7.70. The zero-order chi connectivity index (χ0) is 11.5. The smallest absolute Gasteiger partial charge is 0.192 e. The lowest BCUT2D eigenvalue weighted by atomic mass is 10.1. The van der Waals surface area contributed by atoms with E-state index in [1.165, 1.54) is 0 Å². The Bertz CT molecular complexity index is 516. The number of hydrogen-bond donors (Lipinski definition) is 1. The zero-order valence-corrected chi connectivity index (χ0v) is 9.06. The van der Waals surface area contributed by atoms with Gasteiger partial charge in [0.2, 0.25) is 0 Å². The molecule has 2 rings (SSSR count). The van der Waals surface area contributed by atoms with Crippen LogP contribution in [0, 0.1) is 6.92 Å². The predicted molar refractivity (Wildman–Crippen MR) is 59.4 cm³/mol. The highest BCUT2D eigenvalue weighted by Crippen LogP contribution is 2.18. The van der Waals surface area contributed by atoms with Crippen LogP contribution in [0.15, 0.2) is 22.6 Å². The molecule has 0 aliphatic rings. The summed E-state index contributed by atoms with van der Waals surface area (Å²) in [7, 11) is 0. The van der Waals surface area contributed by atoms with Gasteiger partial charge in [-0.3, -0.25) is 4.79 Å². The van der Waals surface area contributed by atoms with Gasteiger partial charge in [0.1, 0.15) is 5.52 Å². The number of ketones is 1. The summed E-state index contributed by atoms with van der Waals surface area (Å²) < 4.78 is 5.35. The largest absolute Gasteiger partial charge is 0.441 e. The molecule has 1 aromatic carbocycles. The topological polar surface area (TPSA) is 63.3 Å². The van der Waals surface area contributed by atoms with E-state index in [0.29, 0.717) is 29.9 Å². The van der Waals surface area contributed by atoms with Crippen LogP contribution in [0.1, 0.15) is 29.1 Å². The highest BCUT2D eigenvalue weighted by Gasteiger charge is 2.08. The summed E-state index contributed by atoms with van der Waals surface area (Å²) in [6, 6.07) is 5.22. The quantitative estimate of drug-likeness (QED) is 0.800. The first-order valence-corrected chi connectivity index (χ1v) is 5.22. The van der Waals surface area contributed by atoms with E-state index in [0.717, 1.165) is 5.52 Å². The van der Waals surface area contributed by atoms with Crippen LogP contribution in [-0.2, 0) is 0 Å². The fraction of sp³-hybridized carbons (Fsp3) is 0.333. The van der Waals surface area contributed by atoms with Crippen LogP contribution in [-0.4, -0.2) is 22.5 Å². The monoisotopic (exact) mass is 219 g/mol. The minimum Gasteiger partial charge on any atom is -0.441 e. The number of carbonyl (C=O) groups excluding carboxylic acids is 1. The van der Waals surface area contributed by atoms with E-state index in [1.54, 1.807) is 25.1 Å². The molecule has 0 saturated heterocycles. The lowest BCUT2D eigenvalue weighted by Crippen LogP contribution is -1.99. The Morgan fingerprint density at radius 1 is 1.50 bits per heavy atom. The van der Waals surface area contributed by atoms with Crippen LogP contribution >= 0.6 is 0 Å². The molecule has 0 saturated carbocycles. The summed E-state index contributed by atoms with van der Waals surface area (Å²) in [4.78, 5) is 15.8. The average Bonchev–Trinajstić information content (AvgIpc) is 2.64. The van der Waals surface area contributed by atoms with Crippen molar-refractivity contribution in [2.45, 2.75) is 19.8 Å². The maximum absolute atomic E-state index is 11.7. The van der Waals surface area contributed by atoms with Crippen molar-refractivity contribution in [3.8, 4) is 0 Å². The van der Waals surface area contributed by atoms with Crippen molar-refractivity contribution in [1.82, 2.24) is 4.98 Å². The maximum atomic E-state index is 11.7. The Labute approximate surface area is 92.9 Å². The second kappa shape index (κ2) is 4.45. The highest BCUT2D eigenvalue weighted by atomic mass is 16.3. The second-order valence-electron chi connectivity index (χ2n) is 3.67. The lowest BCUT2D eigenvalue weighted by Gasteiger charge is -1.98. The van der Waals surface area contributed by atoms with Crippen LogP contribution < -0.4 is 0 Å². The fourth-order valence-electron chi connectivity index (χ4n) is 1.60. The third-order valence-corrected chi connectivity index (χ3v) is 2.38. The minimum atomic E-state index is 0.0185. The van der Waals surface area contributed by atoms with Gasteiger partial charge in [0.05, 0.1) is 0 Å². The Kier molecular flexibility index (Phi) is 3.01. The van der Waals surface area contributed by atoms with Crippen molar-refractivity contribution in [3.63, 3.8) is 0 Å². The molecule has 0 atom stereocenters. The van der Waals surface area contributed by atoms with Crippen molar-refractivity contribution < 1.29 is 14.3 Å². The molecule has 4 heteroatoms. The van der Waals surface area contributed by atoms with Crippen molar-refractivity contribution >= 4 is 16.9 Å². The molecule has 0 aliphatic heterocycles. The van der Waals surface area contributed by atoms with E-state index in [1.807, 2.05) is 0 Å². The van der Waals surface area contributed by atoms with Gasteiger partial charge in [0, 0.05) is 25.5 Å². The Hall–Kier alpha value is -1.68. The molecule has 1 N–H and O–H groups in total. The number of carbonyl (C=O) groups is 1. The number of rotatable bonds is 4. The van der Waals surface area contributed by atoms with E-state index in [-0.39, 0.29) is 12.4 Å². The highest BCUT2D eigenvalue weighted by molar-refractivity contribution is 5.98. The van der Waals surface area contributed by atoms with E-state index in [9.17, 15) is 4.79 Å². The van der Waals surface area contributed by atoms with Crippen LogP contribution in [0.3, 0.4) is 0 Å². The van der Waals surface area contributed by atoms with E-state index < -0.39 is 0 Å². The SMILES string of the molecule is Cc1nc2ccc(C(=O)CCCO)cc2o1. The molecule has 0 amide bonds. The first-order valence-electron chi connectivity index (χ1n) is 5.22.